The number of benzene rings is 1. The summed E-state index contributed by atoms with van der Waals surface area (Å²) in [6.07, 6.45) is 5.09. The van der Waals surface area contributed by atoms with Crippen molar-refractivity contribution in [1.29, 1.82) is 5.26 Å². The van der Waals surface area contributed by atoms with E-state index in [1.165, 1.54) is 0 Å². The zero-order chi connectivity index (χ0) is 20.1. The Balaban J connectivity index is 1.74. The zero-order valence-corrected chi connectivity index (χ0v) is 15.4. The van der Waals surface area contributed by atoms with Crippen molar-refractivity contribution >= 4 is 11.5 Å². The van der Waals surface area contributed by atoms with Gasteiger partial charge < -0.3 is 19.1 Å². The minimum absolute atomic E-state index is 0.0120. The number of carboxylic acids is 1. The van der Waals surface area contributed by atoms with Gasteiger partial charge in [-0.05, 0) is 38.1 Å². The number of rotatable bonds is 7. The lowest BCUT2D eigenvalue weighted by Crippen LogP contribution is -2.24. The van der Waals surface area contributed by atoms with Crippen LogP contribution in [-0.4, -0.2) is 40.0 Å². The number of carbonyl (C=O) groups is 1. The standard InChI is InChI=1S/C20H19N3O5/c1-12(2)27-17-8-5-14(9-15(17)10-21)20-22-19(23-28-20)13-3-6-16(7-4-13)26-11-18(24)25/h3-9,12,15,17H,11H2,1-2H3,(H,24,25). The number of hydrogen-bond donors (Lipinski definition) is 1. The van der Waals surface area contributed by atoms with Crippen LogP contribution < -0.4 is 4.74 Å². The van der Waals surface area contributed by atoms with Gasteiger partial charge in [-0.15, -0.1) is 0 Å². The maximum atomic E-state index is 10.5. The normalized spacial score (nSPS) is 18.6. The van der Waals surface area contributed by atoms with Crippen LogP contribution in [0.5, 0.6) is 5.75 Å². The van der Waals surface area contributed by atoms with Crippen molar-refractivity contribution in [2.75, 3.05) is 6.61 Å². The summed E-state index contributed by atoms with van der Waals surface area (Å²) in [6.45, 7) is 3.43. The Hall–Kier alpha value is -3.44. The van der Waals surface area contributed by atoms with Gasteiger partial charge in [0.05, 0.1) is 24.2 Å². The summed E-state index contributed by atoms with van der Waals surface area (Å²) in [4.78, 5) is 14.9. The fourth-order valence-electron chi connectivity index (χ4n) is 2.66. The molecule has 1 N–H and O–H groups in total. The summed E-state index contributed by atoms with van der Waals surface area (Å²) < 4.78 is 16.2. The summed E-state index contributed by atoms with van der Waals surface area (Å²) in [7, 11) is 0. The molecule has 1 aromatic heterocycles. The third-order valence-electron chi connectivity index (χ3n) is 3.90. The van der Waals surface area contributed by atoms with Gasteiger partial charge in [-0.1, -0.05) is 23.4 Å². The van der Waals surface area contributed by atoms with Crippen molar-refractivity contribution in [3.8, 4) is 23.2 Å². The van der Waals surface area contributed by atoms with Crippen molar-refractivity contribution in [3.63, 3.8) is 0 Å². The van der Waals surface area contributed by atoms with Gasteiger partial charge in [-0.25, -0.2) is 4.79 Å². The van der Waals surface area contributed by atoms with Crippen LogP contribution in [-0.2, 0) is 9.53 Å². The molecule has 1 aromatic carbocycles. The molecule has 2 atom stereocenters. The molecular weight excluding hydrogens is 362 g/mol. The van der Waals surface area contributed by atoms with Crippen LogP contribution in [0.4, 0.5) is 0 Å². The fourth-order valence-corrected chi connectivity index (χ4v) is 2.66. The molecule has 1 aliphatic carbocycles. The van der Waals surface area contributed by atoms with Crippen molar-refractivity contribution in [2.45, 2.75) is 26.1 Å². The Bertz CT molecular complexity index is 937. The number of aliphatic carboxylic acids is 1. The van der Waals surface area contributed by atoms with E-state index in [4.69, 9.17) is 19.1 Å². The van der Waals surface area contributed by atoms with Crippen LogP contribution in [0.25, 0.3) is 17.0 Å². The molecule has 144 valence electrons. The SMILES string of the molecule is CC(C)OC1C=CC(c2nc(-c3ccc(OCC(=O)O)cc3)no2)=CC1C#N. The minimum atomic E-state index is -1.04. The molecule has 8 nitrogen and oxygen atoms in total. The van der Waals surface area contributed by atoms with Gasteiger partial charge in [0.15, 0.2) is 6.61 Å². The summed E-state index contributed by atoms with van der Waals surface area (Å²) >= 11 is 0. The van der Waals surface area contributed by atoms with Crippen LogP contribution in [0.1, 0.15) is 19.7 Å². The van der Waals surface area contributed by atoms with Gasteiger partial charge in [0.1, 0.15) is 5.75 Å². The van der Waals surface area contributed by atoms with Crippen molar-refractivity contribution in [3.05, 3.63) is 48.4 Å². The average Bonchev–Trinajstić information content (AvgIpc) is 3.17. The van der Waals surface area contributed by atoms with Gasteiger partial charge in [-0.3, -0.25) is 0 Å². The molecule has 0 bridgehead atoms. The lowest BCUT2D eigenvalue weighted by Gasteiger charge is -2.22. The highest BCUT2D eigenvalue weighted by atomic mass is 16.5. The number of nitrogens with zero attached hydrogens (tertiary/aromatic N) is 3. The fraction of sp³-hybridized carbons (Fsp3) is 0.300. The van der Waals surface area contributed by atoms with Gasteiger partial charge in [0.2, 0.25) is 5.82 Å². The second-order valence-corrected chi connectivity index (χ2v) is 6.42. The van der Waals surface area contributed by atoms with E-state index in [0.717, 1.165) is 0 Å². The van der Waals surface area contributed by atoms with Crippen molar-refractivity contribution in [1.82, 2.24) is 10.1 Å². The van der Waals surface area contributed by atoms with Gasteiger partial charge in [0, 0.05) is 11.1 Å². The lowest BCUT2D eigenvalue weighted by atomic mass is 9.94. The summed E-state index contributed by atoms with van der Waals surface area (Å²) in [6, 6.07) is 8.91. The second-order valence-electron chi connectivity index (χ2n) is 6.42. The van der Waals surface area contributed by atoms with Crippen molar-refractivity contribution < 1.29 is 23.9 Å². The lowest BCUT2D eigenvalue weighted by molar-refractivity contribution is -0.139. The Morgan fingerprint density at radius 3 is 2.75 bits per heavy atom. The molecule has 2 aromatic rings. The predicted octanol–water partition coefficient (Wildman–Crippen LogP) is 3.09. The molecule has 0 saturated heterocycles. The van der Waals surface area contributed by atoms with E-state index in [9.17, 15) is 10.1 Å². The first kappa shape index (κ1) is 19.3. The number of allylic oxidation sites excluding steroid dienone is 2. The number of hydrogen-bond acceptors (Lipinski definition) is 7. The average molecular weight is 381 g/mol. The summed E-state index contributed by atoms with van der Waals surface area (Å²) in [5.41, 5.74) is 1.35. The highest BCUT2D eigenvalue weighted by Gasteiger charge is 2.25. The molecule has 0 spiro atoms. The first-order chi connectivity index (χ1) is 13.5. The van der Waals surface area contributed by atoms with E-state index in [-0.39, 0.29) is 12.2 Å². The van der Waals surface area contributed by atoms with E-state index in [0.29, 0.717) is 28.6 Å². The van der Waals surface area contributed by atoms with E-state index in [1.54, 1.807) is 36.4 Å². The molecule has 3 rings (SSSR count). The van der Waals surface area contributed by atoms with Crippen LogP contribution >= 0.6 is 0 Å². The molecule has 0 saturated carbocycles. The maximum absolute atomic E-state index is 10.5. The zero-order valence-electron chi connectivity index (χ0n) is 15.4. The van der Waals surface area contributed by atoms with E-state index in [2.05, 4.69) is 16.2 Å². The molecule has 0 aliphatic heterocycles. The number of carboxylic acid groups (broad SMARTS) is 1. The van der Waals surface area contributed by atoms with E-state index < -0.39 is 18.5 Å². The highest BCUT2D eigenvalue weighted by molar-refractivity contribution is 5.72. The van der Waals surface area contributed by atoms with Crippen molar-refractivity contribution in [2.24, 2.45) is 5.92 Å². The molecule has 1 heterocycles. The topological polar surface area (TPSA) is 118 Å². The summed E-state index contributed by atoms with van der Waals surface area (Å²) in [5, 5.41) is 22.0. The number of ether oxygens (including phenoxy) is 2. The number of aromatic nitrogens is 2. The molecular formula is C20H19N3O5. The second kappa shape index (κ2) is 8.50. The molecule has 0 amide bonds. The molecule has 1 aliphatic rings. The molecule has 0 fully saturated rings. The first-order valence-corrected chi connectivity index (χ1v) is 8.70. The smallest absolute Gasteiger partial charge is 0.341 e. The Labute approximate surface area is 161 Å². The monoisotopic (exact) mass is 381 g/mol. The Morgan fingerprint density at radius 2 is 2.11 bits per heavy atom. The van der Waals surface area contributed by atoms with Crippen LogP contribution in [0.2, 0.25) is 0 Å². The molecule has 8 heteroatoms. The Kier molecular flexibility index (Phi) is 5.87. The predicted molar refractivity (Wildman–Crippen MR) is 99.1 cm³/mol. The minimum Gasteiger partial charge on any atom is -0.482 e. The molecule has 2 unspecified atom stereocenters. The van der Waals surface area contributed by atoms with Crippen LogP contribution in [0.3, 0.4) is 0 Å². The van der Waals surface area contributed by atoms with Gasteiger partial charge in [-0.2, -0.15) is 10.2 Å². The van der Waals surface area contributed by atoms with E-state index >= 15 is 0 Å². The Morgan fingerprint density at radius 1 is 1.36 bits per heavy atom. The van der Waals surface area contributed by atoms with E-state index in [1.807, 2.05) is 19.9 Å². The number of nitriles is 1. The molecule has 28 heavy (non-hydrogen) atoms. The first-order valence-electron chi connectivity index (χ1n) is 8.70. The largest absolute Gasteiger partial charge is 0.482 e. The third-order valence-corrected chi connectivity index (χ3v) is 3.90. The van der Waals surface area contributed by atoms with Crippen LogP contribution in [0, 0.1) is 17.2 Å². The van der Waals surface area contributed by atoms with Crippen LogP contribution in [0.15, 0.2) is 47.0 Å². The quantitative estimate of drug-likeness (QED) is 0.777. The van der Waals surface area contributed by atoms with Gasteiger partial charge >= 0.3 is 5.97 Å². The third kappa shape index (κ3) is 4.64. The van der Waals surface area contributed by atoms with Gasteiger partial charge in [0.25, 0.3) is 5.89 Å². The maximum Gasteiger partial charge on any atom is 0.341 e. The summed E-state index contributed by atoms with van der Waals surface area (Å²) in [5.74, 6) is -0.370. The molecule has 0 radical (unpaired) electrons. The highest BCUT2D eigenvalue weighted by Crippen LogP contribution is 2.28.